The van der Waals surface area contributed by atoms with Crippen LogP contribution in [0.2, 0.25) is 0 Å². The minimum atomic E-state index is -3.63. The molecule has 1 aromatic carbocycles. The Bertz CT molecular complexity index is 1010. The maximum atomic E-state index is 12.9. The van der Waals surface area contributed by atoms with Crippen molar-refractivity contribution in [2.24, 2.45) is 11.8 Å². The summed E-state index contributed by atoms with van der Waals surface area (Å²) in [5.41, 5.74) is 0.152. The van der Waals surface area contributed by atoms with Crippen molar-refractivity contribution >= 4 is 27.7 Å². The van der Waals surface area contributed by atoms with Gasteiger partial charge in [0.05, 0.1) is 10.5 Å². The standard InChI is InChI=1S/C20H25N3O6S/c1-13-8-14(2)11-23(10-13)30(26,27)17-6-4-16(5-7-17)20(25)28-12-19(24)21-18-9-15(3)29-22-18/h4-7,9,13-14H,8,10-12H2,1-3H3,(H,21,22,24). The monoisotopic (exact) mass is 435 g/mol. The van der Waals surface area contributed by atoms with Gasteiger partial charge in [0.15, 0.2) is 12.4 Å². The summed E-state index contributed by atoms with van der Waals surface area (Å²) in [6, 6.07) is 7.06. The topological polar surface area (TPSA) is 119 Å². The first kappa shape index (κ1) is 22.0. The van der Waals surface area contributed by atoms with Crippen LogP contribution in [0.5, 0.6) is 0 Å². The second-order valence-electron chi connectivity index (χ2n) is 7.74. The molecule has 2 unspecified atom stereocenters. The van der Waals surface area contributed by atoms with E-state index in [1.54, 1.807) is 6.92 Å². The summed E-state index contributed by atoms with van der Waals surface area (Å²) < 4.78 is 37.1. The van der Waals surface area contributed by atoms with Crippen LogP contribution in [-0.2, 0) is 19.6 Å². The number of carbonyl (C=O) groups excluding carboxylic acids is 2. The summed E-state index contributed by atoms with van der Waals surface area (Å²) >= 11 is 0. The van der Waals surface area contributed by atoms with E-state index in [-0.39, 0.29) is 16.3 Å². The zero-order valence-corrected chi connectivity index (χ0v) is 17.9. The summed E-state index contributed by atoms with van der Waals surface area (Å²) in [4.78, 5) is 24.1. The lowest BCUT2D eigenvalue weighted by Gasteiger charge is -2.34. The molecular weight excluding hydrogens is 410 g/mol. The molecule has 30 heavy (non-hydrogen) atoms. The van der Waals surface area contributed by atoms with Gasteiger partial charge in [0, 0.05) is 19.2 Å². The molecule has 0 radical (unpaired) electrons. The number of hydrogen-bond donors (Lipinski definition) is 1. The molecule has 2 aromatic rings. The van der Waals surface area contributed by atoms with Crippen LogP contribution in [0.15, 0.2) is 39.8 Å². The Kier molecular flexibility index (Phi) is 6.57. The number of amides is 1. The first-order valence-corrected chi connectivity index (χ1v) is 11.1. The highest BCUT2D eigenvalue weighted by molar-refractivity contribution is 7.89. The molecule has 1 N–H and O–H groups in total. The second kappa shape index (κ2) is 8.97. The number of rotatable bonds is 6. The van der Waals surface area contributed by atoms with Crippen molar-refractivity contribution in [3.63, 3.8) is 0 Å². The molecule has 10 heteroatoms. The van der Waals surface area contributed by atoms with Gasteiger partial charge in [-0.3, -0.25) is 4.79 Å². The number of esters is 1. The fourth-order valence-corrected chi connectivity index (χ4v) is 5.21. The number of nitrogens with one attached hydrogen (secondary N) is 1. The number of benzene rings is 1. The normalized spacial score (nSPS) is 20.0. The molecule has 1 aliphatic rings. The van der Waals surface area contributed by atoms with E-state index in [0.29, 0.717) is 30.7 Å². The first-order chi connectivity index (χ1) is 14.1. The van der Waals surface area contributed by atoms with Crippen molar-refractivity contribution in [1.29, 1.82) is 0 Å². The van der Waals surface area contributed by atoms with Crippen LogP contribution in [0.4, 0.5) is 5.82 Å². The third kappa shape index (κ3) is 5.25. The molecule has 2 atom stereocenters. The maximum absolute atomic E-state index is 12.9. The molecule has 1 amide bonds. The van der Waals surface area contributed by atoms with Gasteiger partial charge < -0.3 is 14.6 Å². The zero-order valence-electron chi connectivity index (χ0n) is 17.1. The van der Waals surface area contributed by atoms with Crippen LogP contribution >= 0.6 is 0 Å². The molecule has 1 aliphatic heterocycles. The highest BCUT2D eigenvalue weighted by Crippen LogP contribution is 2.26. The summed E-state index contributed by atoms with van der Waals surface area (Å²) in [5, 5.41) is 6.05. The third-order valence-electron chi connectivity index (χ3n) is 4.79. The SMILES string of the molecule is Cc1cc(NC(=O)COC(=O)c2ccc(S(=O)(=O)N3CC(C)CC(C)C3)cc2)no1. The number of hydrogen-bond acceptors (Lipinski definition) is 7. The van der Waals surface area contributed by atoms with Crippen molar-refractivity contribution in [2.75, 3.05) is 25.0 Å². The largest absolute Gasteiger partial charge is 0.452 e. The average molecular weight is 436 g/mol. The summed E-state index contributed by atoms with van der Waals surface area (Å²) in [6.07, 6.45) is 1.00. The van der Waals surface area contributed by atoms with Crippen molar-refractivity contribution in [3.05, 3.63) is 41.7 Å². The molecule has 1 saturated heterocycles. The van der Waals surface area contributed by atoms with Gasteiger partial charge in [-0.2, -0.15) is 4.31 Å². The number of aromatic nitrogens is 1. The Morgan fingerprint density at radius 2 is 1.83 bits per heavy atom. The van der Waals surface area contributed by atoms with E-state index >= 15 is 0 Å². The van der Waals surface area contributed by atoms with E-state index in [2.05, 4.69) is 10.5 Å². The van der Waals surface area contributed by atoms with E-state index < -0.39 is 28.5 Å². The van der Waals surface area contributed by atoms with Gasteiger partial charge in [-0.05, 0) is 49.4 Å². The van der Waals surface area contributed by atoms with Crippen molar-refractivity contribution in [3.8, 4) is 0 Å². The number of carbonyl (C=O) groups is 2. The predicted octanol–water partition coefficient (Wildman–Crippen LogP) is 2.45. The van der Waals surface area contributed by atoms with E-state index in [0.717, 1.165) is 6.42 Å². The lowest BCUT2D eigenvalue weighted by molar-refractivity contribution is -0.119. The summed E-state index contributed by atoms with van der Waals surface area (Å²) in [6.45, 7) is 6.22. The number of aryl methyl sites for hydroxylation is 1. The number of sulfonamides is 1. The zero-order chi connectivity index (χ0) is 21.9. The molecule has 9 nitrogen and oxygen atoms in total. The Morgan fingerprint density at radius 1 is 1.20 bits per heavy atom. The third-order valence-corrected chi connectivity index (χ3v) is 6.64. The van der Waals surface area contributed by atoms with Crippen LogP contribution in [0.25, 0.3) is 0 Å². The second-order valence-corrected chi connectivity index (χ2v) is 9.68. The Hall–Kier alpha value is -2.72. The predicted molar refractivity (Wildman–Crippen MR) is 108 cm³/mol. The van der Waals surface area contributed by atoms with Crippen molar-refractivity contribution in [2.45, 2.75) is 32.1 Å². The molecule has 0 saturated carbocycles. The highest BCUT2D eigenvalue weighted by Gasteiger charge is 2.31. The van der Waals surface area contributed by atoms with Crippen LogP contribution in [0, 0.1) is 18.8 Å². The van der Waals surface area contributed by atoms with Gasteiger partial charge in [-0.15, -0.1) is 0 Å². The van der Waals surface area contributed by atoms with Gasteiger partial charge in [0.1, 0.15) is 5.76 Å². The van der Waals surface area contributed by atoms with Gasteiger partial charge >= 0.3 is 5.97 Å². The number of piperidine rings is 1. The first-order valence-electron chi connectivity index (χ1n) is 9.65. The number of ether oxygens (including phenoxy) is 1. The van der Waals surface area contributed by atoms with Gasteiger partial charge in [0.25, 0.3) is 5.91 Å². The molecule has 1 fully saturated rings. The van der Waals surface area contributed by atoms with E-state index in [9.17, 15) is 18.0 Å². The molecular formula is C20H25N3O6S. The molecule has 0 bridgehead atoms. The molecule has 0 aliphatic carbocycles. The van der Waals surface area contributed by atoms with Crippen LogP contribution in [-0.4, -0.2) is 49.5 Å². The quantitative estimate of drug-likeness (QED) is 0.692. The van der Waals surface area contributed by atoms with Crippen LogP contribution in [0.1, 0.15) is 36.4 Å². The van der Waals surface area contributed by atoms with Gasteiger partial charge in [-0.1, -0.05) is 19.0 Å². The van der Waals surface area contributed by atoms with E-state index in [1.807, 2.05) is 13.8 Å². The smallest absolute Gasteiger partial charge is 0.338 e. The number of nitrogens with zero attached hydrogens (tertiary/aromatic N) is 2. The van der Waals surface area contributed by atoms with E-state index in [4.69, 9.17) is 9.26 Å². The lowest BCUT2D eigenvalue weighted by Crippen LogP contribution is -2.42. The number of anilines is 1. The summed E-state index contributed by atoms with van der Waals surface area (Å²) in [5.74, 6) is 0.0558. The minimum absolute atomic E-state index is 0.125. The van der Waals surface area contributed by atoms with Gasteiger partial charge in [-0.25, -0.2) is 13.2 Å². The summed E-state index contributed by atoms with van der Waals surface area (Å²) in [7, 11) is -3.63. The molecule has 1 aromatic heterocycles. The lowest BCUT2D eigenvalue weighted by atomic mass is 9.94. The molecule has 162 valence electrons. The van der Waals surface area contributed by atoms with Crippen LogP contribution < -0.4 is 5.32 Å². The Balaban J connectivity index is 1.59. The molecule has 2 heterocycles. The Morgan fingerprint density at radius 3 is 2.40 bits per heavy atom. The fraction of sp³-hybridized carbons (Fsp3) is 0.450. The van der Waals surface area contributed by atoms with E-state index in [1.165, 1.54) is 34.6 Å². The highest BCUT2D eigenvalue weighted by atomic mass is 32.2. The maximum Gasteiger partial charge on any atom is 0.338 e. The van der Waals surface area contributed by atoms with Gasteiger partial charge in [0.2, 0.25) is 10.0 Å². The Labute approximate surface area is 175 Å². The minimum Gasteiger partial charge on any atom is -0.452 e. The molecule has 0 spiro atoms. The average Bonchev–Trinajstić information content (AvgIpc) is 3.10. The van der Waals surface area contributed by atoms with Crippen molar-refractivity contribution in [1.82, 2.24) is 9.46 Å². The van der Waals surface area contributed by atoms with Crippen LogP contribution in [0.3, 0.4) is 0 Å². The van der Waals surface area contributed by atoms with Crippen molar-refractivity contribution < 1.29 is 27.3 Å². The molecule has 3 rings (SSSR count). The fourth-order valence-electron chi connectivity index (χ4n) is 3.53.